The van der Waals surface area contributed by atoms with Crippen LogP contribution >= 0.6 is 0 Å². The largest absolute Gasteiger partial charge is 0.489 e. The molecule has 0 spiro atoms. The van der Waals surface area contributed by atoms with Gasteiger partial charge in [0.1, 0.15) is 12.4 Å². The Balaban J connectivity index is 1.36. The zero-order chi connectivity index (χ0) is 23.0. The van der Waals surface area contributed by atoms with Gasteiger partial charge >= 0.3 is 5.97 Å². The van der Waals surface area contributed by atoms with Gasteiger partial charge in [-0.05, 0) is 96.4 Å². The van der Waals surface area contributed by atoms with Gasteiger partial charge in [0.05, 0.1) is 6.10 Å². The van der Waals surface area contributed by atoms with Crippen molar-refractivity contribution in [1.29, 1.82) is 0 Å². The lowest BCUT2D eigenvalue weighted by Crippen LogP contribution is -2.45. The number of carboxylic acid groups (broad SMARTS) is 1. The van der Waals surface area contributed by atoms with Crippen LogP contribution in [0.3, 0.4) is 0 Å². The molecule has 33 heavy (non-hydrogen) atoms. The quantitative estimate of drug-likeness (QED) is 0.546. The highest BCUT2D eigenvalue weighted by Gasteiger charge is 2.58. The first-order chi connectivity index (χ1) is 16.0. The molecule has 2 fully saturated rings. The first-order valence-corrected chi connectivity index (χ1v) is 12.5. The van der Waals surface area contributed by atoms with Crippen LogP contribution in [0.5, 0.6) is 5.75 Å². The summed E-state index contributed by atoms with van der Waals surface area (Å²) in [6, 6.07) is 17.0. The van der Waals surface area contributed by atoms with Gasteiger partial charge in [0.25, 0.3) is 0 Å². The Labute approximate surface area is 197 Å². The normalized spacial score (nSPS) is 32.5. The van der Waals surface area contributed by atoms with E-state index < -0.39 is 5.97 Å². The minimum absolute atomic E-state index is 0.162. The third kappa shape index (κ3) is 4.19. The predicted molar refractivity (Wildman–Crippen MR) is 128 cm³/mol. The molecule has 0 aliphatic heterocycles. The summed E-state index contributed by atoms with van der Waals surface area (Å²) in [5.74, 6) is 2.45. The van der Waals surface area contributed by atoms with Crippen LogP contribution in [0.4, 0.5) is 0 Å². The summed E-state index contributed by atoms with van der Waals surface area (Å²) in [7, 11) is 1.84. The molecule has 5 rings (SSSR count). The third-order valence-corrected chi connectivity index (χ3v) is 9.02. The van der Waals surface area contributed by atoms with E-state index in [1.54, 1.807) is 0 Å². The van der Waals surface area contributed by atoms with E-state index in [1.807, 2.05) is 25.3 Å². The Bertz CT molecular complexity index is 986. The number of ether oxygens (including phenoxy) is 2. The van der Waals surface area contributed by atoms with Crippen LogP contribution in [0.15, 0.2) is 48.5 Å². The van der Waals surface area contributed by atoms with Gasteiger partial charge < -0.3 is 14.6 Å². The number of aliphatic carboxylic acids is 1. The minimum atomic E-state index is -0.679. The van der Waals surface area contributed by atoms with Gasteiger partial charge in [-0.1, -0.05) is 43.3 Å². The lowest BCUT2D eigenvalue weighted by molar-refractivity contribution is -0.137. The Morgan fingerprint density at radius 3 is 2.73 bits per heavy atom. The molecule has 4 nitrogen and oxygen atoms in total. The predicted octanol–water partition coefficient (Wildman–Crippen LogP) is 6.23. The molecule has 2 saturated carbocycles. The molecule has 2 aromatic rings. The molecular formula is C29H36O4. The third-order valence-electron chi connectivity index (χ3n) is 9.02. The average Bonchev–Trinajstić information content (AvgIpc) is 3.13. The fraction of sp³-hybridized carbons (Fsp3) is 0.552. The molecule has 0 bridgehead atoms. The number of benzene rings is 2. The number of aryl methyl sites for hydroxylation is 1. The second kappa shape index (κ2) is 9.13. The van der Waals surface area contributed by atoms with E-state index in [-0.39, 0.29) is 17.9 Å². The molecule has 0 saturated heterocycles. The summed E-state index contributed by atoms with van der Waals surface area (Å²) in [5.41, 5.74) is 4.28. The molecule has 0 amide bonds. The van der Waals surface area contributed by atoms with E-state index in [1.165, 1.54) is 29.5 Å². The maximum Gasteiger partial charge on any atom is 0.303 e. The summed E-state index contributed by atoms with van der Waals surface area (Å²) in [5, 5.41) is 9.32. The van der Waals surface area contributed by atoms with Crippen molar-refractivity contribution in [1.82, 2.24) is 0 Å². The average molecular weight is 449 g/mol. The van der Waals surface area contributed by atoms with Crippen molar-refractivity contribution in [2.75, 3.05) is 7.11 Å². The van der Waals surface area contributed by atoms with Crippen molar-refractivity contribution < 1.29 is 19.4 Å². The van der Waals surface area contributed by atoms with Crippen LogP contribution in [-0.2, 0) is 22.6 Å². The molecule has 3 aliphatic rings. The first kappa shape index (κ1) is 22.5. The smallest absolute Gasteiger partial charge is 0.303 e. The van der Waals surface area contributed by atoms with E-state index >= 15 is 0 Å². The fourth-order valence-corrected chi connectivity index (χ4v) is 7.59. The number of methoxy groups -OCH3 is 1. The van der Waals surface area contributed by atoms with Gasteiger partial charge in [0.15, 0.2) is 0 Å². The zero-order valence-electron chi connectivity index (χ0n) is 19.8. The summed E-state index contributed by atoms with van der Waals surface area (Å²) in [6.45, 7) is 3.01. The van der Waals surface area contributed by atoms with Gasteiger partial charge in [-0.3, -0.25) is 4.79 Å². The maximum atomic E-state index is 11.3. The monoisotopic (exact) mass is 448 g/mol. The van der Waals surface area contributed by atoms with Crippen molar-refractivity contribution >= 4 is 5.97 Å². The molecule has 176 valence electrons. The molecule has 0 heterocycles. The van der Waals surface area contributed by atoms with E-state index in [4.69, 9.17) is 9.47 Å². The van der Waals surface area contributed by atoms with Gasteiger partial charge in [0, 0.05) is 13.5 Å². The number of carbonyl (C=O) groups is 1. The highest BCUT2D eigenvalue weighted by molar-refractivity contribution is 5.66. The highest BCUT2D eigenvalue weighted by Crippen LogP contribution is 2.64. The van der Waals surface area contributed by atoms with Gasteiger partial charge in [-0.25, -0.2) is 0 Å². The zero-order valence-corrected chi connectivity index (χ0v) is 19.8. The fourth-order valence-electron chi connectivity index (χ4n) is 7.59. The van der Waals surface area contributed by atoms with Crippen LogP contribution < -0.4 is 4.74 Å². The van der Waals surface area contributed by atoms with Crippen molar-refractivity contribution in [2.24, 2.45) is 23.2 Å². The highest BCUT2D eigenvalue weighted by atomic mass is 16.5. The second-order valence-corrected chi connectivity index (χ2v) is 10.7. The van der Waals surface area contributed by atoms with Crippen molar-refractivity contribution in [2.45, 2.75) is 70.5 Å². The SMILES string of the molecule is CO[C@H]1C[C@@H](CCC(=O)O)C2C3CCc4cc(OCc5ccccc5)ccc4C3CCC21C. The summed E-state index contributed by atoms with van der Waals surface area (Å²) < 4.78 is 12.1. The molecule has 0 radical (unpaired) electrons. The first-order valence-electron chi connectivity index (χ1n) is 12.5. The Kier molecular flexibility index (Phi) is 6.22. The lowest BCUT2D eigenvalue weighted by atomic mass is 9.53. The topological polar surface area (TPSA) is 55.8 Å². The van der Waals surface area contributed by atoms with Gasteiger partial charge in [0.2, 0.25) is 0 Å². The van der Waals surface area contributed by atoms with Crippen LogP contribution in [0.1, 0.15) is 68.1 Å². The molecule has 6 atom stereocenters. The van der Waals surface area contributed by atoms with Crippen LogP contribution in [0.25, 0.3) is 0 Å². The second-order valence-electron chi connectivity index (χ2n) is 10.7. The van der Waals surface area contributed by atoms with Crippen molar-refractivity contribution in [3.63, 3.8) is 0 Å². The summed E-state index contributed by atoms with van der Waals surface area (Å²) in [6.07, 6.45) is 6.91. The number of fused-ring (bicyclic) bond motifs is 5. The molecule has 3 aliphatic carbocycles. The van der Waals surface area contributed by atoms with Crippen LogP contribution in [-0.4, -0.2) is 24.3 Å². The number of rotatable bonds is 7. The Hall–Kier alpha value is -2.33. The number of carboxylic acids is 1. The van der Waals surface area contributed by atoms with E-state index in [9.17, 15) is 9.90 Å². The van der Waals surface area contributed by atoms with Gasteiger partial charge in [-0.2, -0.15) is 0 Å². The Morgan fingerprint density at radius 1 is 1.15 bits per heavy atom. The van der Waals surface area contributed by atoms with E-state index in [2.05, 4.69) is 37.3 Å². The van der Waals surface area contributed by atoms with E-state index in [0.29, 0.717) is 30.3 Å². The minimum Gasteiger partial charge on any atom is -0.489 e. The molecular weight excluding hydrogens is 412 g/mol. The maximum absolute atomic E-state index is 11.3. The number of hydrogen-bond donors (Lipinski definition) is 1. The lowest BCUT2D eigenvalue weighted by Gasteiger charge is -2.52. The molecule has 0 aromatic heterocycles. The summed E-state index contributed by atoms with van der Waals surface area (Å²) >= 11 is 0. The molecule has 4 unspecified atom stereocenters. The van der Waals surface area contributed by atoms with Crippen LogP contribution in [0.2, 0.25) is 0 Å². The van der Waals surface area contributed by atoms with Crippen LogP contribution in [0, 0.1) is 23.2 Å². The Morgan fingerprint density at radius 2 is 1.97 bits per heavy atom. The standard InChI is InChI=1S/C29H36O4/c1-29-15-14-24-23-12-10-22(33-18-19-6-4-3-5-7-19)16-20(23)8-11-25(24)28(29)21(9-13-27(30)31)17-26(29)32-2/h3-7,10,12,16,21,24-26,28H,8-9,11,13-15,17-18H2,1-2H3,(H,30,31)/t21-,24?,25?,26+,28?,29?/m1/s1. The molecule has 2 aromatic carbocycles. The summed E-state index contributed by atoms with van der Waals surface area (Å²) in [4.78, 5) is 11.3. The van der Waals surface area contributed by atoms with Crippen molar-refractivity contribution in [3.8, 4) is 5.75 Å². The van der Waals surface area contributed by atoms with Crippen molar-refractivity contribution in [3.05, 3.63) is 65.2 Å². The number of hydrogen-bond acceptors (Lipinski definition) is 3. The van der Waals surface area contributed by atoms with Gasteiger partial charge in [-0.15, -0.1) is 0 Å². The molecule has 4 heteroatoms. The molecule has 1 N–H and O–H groups in total. The van der Waals surface area contributed by atoms with E-state index in [0.717, 1.165) is 31.4 Å².